The van der Waals surface area contributed by atoms with Crippen LogP contribution in [0.25, 0.3) is 0 Å². The number of aromatic nitrogens is 2. The van der Waals surface area contributed by atoms with Gasteiger partial charge in [-0.15, -0.1) is 0 Å². The number of nitrogens with zero attached hydrogens (tertiary/aromatic N) is 3. The van der Waals surface area contributed by atoms with Crippen molar-refractivity contribution in [2.75, 3.05) is 14.2 Å². The summed E-state index contributed by atoms with van der Waals surface area (Å²) in [6.07, 6.45) is 1.85. The molecule has 0 fully saturated rings. The fourth-order valence-corrected chi connectivity index (χ4v) is 2.56. The summed E-state index contributed by atoms with van der Waals surface area (Å²) in [4.78, 5) is 2.08. The van der Waals surface area contributed by atoms with Gasteiger partial charge >= 0.3 is 0 Å². The molecule has 0 spiro atoms. The minimum absolute atomic E-state index is 0.0890. The van der Waals surface area contributed by atoms with E-state index in [1.807, 2.05) is 31.9 Å². The Balaban J connectivity index is 2.09. The van der Waals surface area contributed by atoms with Gasteiger partial charge in [0.05, 0.1) is 18.3 Å². The molecule has 1 aromatic carbocycles. The lowest BCUT2D eigenvalue weighted by Gasteiger charge is -2.17. The number of rotatable bonds is 5. The standard InChI is InChI=1S/C15H19ClFN3O/c1-10-12(7-18-20(10)3)9-19(2)8-11-5-13(16)15(21-4)14(17)6-11/h5-7H,8-9H2,1-4H3. The topological polar surface area (TPSA) is 30.3 Å². The molecular formula is C15H19ClFN3O. The van der Waals surface area contributed by atoms with E-state index in [0.29, 0.717) is 11.6 Å². The van der Waals surface area contributed by atoms with Crippen molar-refractivity contribution in [3.05, 3.63) is 46.0 Å². The summed E-state index contributed by atoms with van der Waals surface area (Å²) in [7, 11) is 5.29. The van der Waals surface area contributed by atoms with E-state index in [1.54, 1.807) is 6.07 Å². The Bertz CT molecular complexity index is 619. The number of hydrogen-bond acceptors (Lipinski definition) is 3. The minimum atomic E-state index is -0.439. The molecule has 0 bridgehead atoms. The molecule has 4 nitrogen and oxygen atoms in total. The first-order valence-corrected chi connectivity index (χ1v) is 6.98. The predicted octanol–water partition coefficient (Wildman–Crippen LogP) is 3.16. The predicted molar refractivity (Wildman–Crippen MR) is 81.1 cm³/mol. The van der Waals surface area contributed by atoms with Crippen molar-refractivity contribution >= 4 is 11.6 Å². The first kappa shape index (κ1) is 15.8. The molecule has 0 aliphatic heterocycles. The summed E-state index contributed by atoms with van der Waals surface area (Å²) < 4.78 is 20.6. The number of ether oxygens (including phenoxy) is 1. The van der Waals surface area contributed by atoms with Crippen LogP contribution in [-0.4, -0.2) is 28.8 Å². The molecule has 114 valence electrons. The lowest BCUT2D eigenvalue weighted by Crippen LogP contribution is -2.17. The fourth-order valence-electron chi connectivity index (χ4n) is 2.26. The molecular weight excluding hydrogens is 293 g/mol. The highest BCUT2D eigenvalue weighted by atomic mass is 35.5. The Morgan fingerprint density at radius 2 is 2.10 bits per heavy atom. The van der Waals surface area contributed by atoms with E-state index in [2.05, 4.69) is 10.00 Å². The van der Waals surface area contributed by atoms with Crippen LogP contribution in [0.2, 0.25) is 5.02 Å². The maximum Gasteiger partial charge on any atom is 0.173 e. The molecule has 1 heterocycles. The summed E-state index contributed by atoms with van der Waals surface area (Å²) in [5, 5.41) is 4.51. The van der Waals surface area contributed by atoms with E-state index >= 15 is 0 Å². The number of aryl methyl sites for hydroxylation is 1. The average molecular weight is 312 g/mol. The third kappa shape index (κ3) is 3.54. The van der Waals surface area contributed by atoms with Crippen LogP contribution >= 0.6 is 11.6 Å². The summed E-state index contributed by atoms with van der Waals surface area (Å²) >= 11 is 6.01. The fraction of sp³-hybridized carbons (Fsp3) is 0.400. The molecule has 21 heavy (non-hydrogen) atoms. The van der Waals surface area contributed by atoms with Crippen molar-refractivity contribution < 1.29 is 9.13 Å². The first-order chi connectivity index (χ1) is 9.92. The van der Waals surface area contributed by atoms with Crippen LogP contribution in [0.3, 0.4) is 0 Å². The lowest BCUT2D eigenvalue weighted by molar-refractivity contribution is 0.317. The molecule has 0 aliphatic rings. The van der Waals surface area contributed by atoms with Crippen LogP contribution in [0.5, 0.6) is 5.75 Å². The molecule has 0 radical (unpaired) electrons. The molecule has 6 heteroatoms. The minimum Gasteiger partial charge on any atom is -0.492 e. The van der Waals surface area contributed by atoms with Crippen molar-refractivity contribution in [1.29, 1.82) is 0 Å². The van der Waals surface area contributed by atoms with Crippen LogP contribution in [0.15, 0.2) is 18.3 Å². The smallest absolute Gasteiger partial charge is 0.173 e. The van der Waals surface area contributed by atoms with Crippen LogP contribution in [0.1, 0.15) is 16.8 Å². The molecule has 2 aromatic rings. The zero-order valence-corrected chi connectivity index (χ0v) is 13.4. The van der Waals surface area contributed by atoms with Crippen molar-refractivity contribution in [3.8, 4) is 5.75 Å². The van der Waals surface area contributed by atoms with E-state index < -0.39 is 5.82 Å². The number of benzene rings is 1. The SMILES string of the molecule is COc1c(F)cc(CN(C)Cc2cnn(C)c2C)cc1Cl. The second-order valence-electron chi connectivity index (χ2n) is 5.14. The Morgan fingerprint density at radius 3 is 2.62 bits per heavy atom. The van der Waals surface area contributed by atoms with Gasteiger partial charge in [-0.1, -0.05) is 11.6 Å². The van der Waals surface area contributed by atoms with Crippen LogP contribution < -0.4 is 4.74 Å². The van der Waals surface area contributed by atoms with E-state index in [1.165, 1.54) is 13.2 Å². The van der Waals surface area contributed by atoms with Crippen LogP contribution in [0, 0.1) is 12.7 Å². The molecule has 0 aliphatic carbocycles. The highest BCUT2D eigenvalue weighted by Gasteiger charge is 2.12. The van der Waals surface area contributed by atoms with Gasteiger partial charge < -0.3 is 4.74 Å². The largest absolute Gasteiger partial charge is 0.492 e. The van der Waals surface area contributed by atoms with E-state index in [9.17, 15) is 4.39 Å². The molecule has 0 saturated carbocycles. The normalized spacial score (nSPS) is 11.2. The second kappa shape index (κ2) is 6.45. The third-order valence-corrected chi connectivity index (χ3v) is 3.77. The van der Waals surface area contributed by atoms with Gasteiger partial charge in [0.15, 0.2) is 11.6 Å². The van der Waals surface area contributed by atoms with Gasteiger partial charge in [-0.25, -0.2) is 4.39 Å². The van der Waals surface area contributed by atoms with Crippen molar-refractivity contribution in [2.24, 2.45) is 7.05 Å². The first-order valence-electron chi connectivity index (χ1n) is 6.60. The van der Waals surface area contributed by atoms with Crippen molar-refractivity contribution in [2.45, 2.75) is 20.0 Å². The van der Waals surface area contributed by atoms with Gasteiger partial charge in [0.2, 0.25) is 0 Å². The number of hydrogen-bond donors (Lipinski definition) is 0. The highest BCUT2D eigenvalue weighted by molar-refractivity contribution is 6.32. The number of methoxy groups -OCH3 is 1. The quantitative estimate of drug-likeness (QED) is 0.849. The molecule has 0 atom stereocenters. The van der Waals surface area contributed by atoms with E-state index in [4.69, 9.17) is 16.3 Å². The Morgan fingerprint density at radius 1 is 1.38 bits per heavy atom. The van der Waals surface area contributed by atoms with Gasteiger partial charge in [0.1, 0.15) is 0 Å². The number of halogens is 2. The van der Waals surface area contributed by atoms with Gasteiger partial charge in [0.25, 0.3) is 0 Å². The Hall–Kier alpha value is -1.59. The maximum absolute atomic E-state index is 13.8. The van der Waals surface area contributed by atoms with E-state index in [0.717, 1.165) is 23.4 Å². The zero-order valence-electron chi connectivity index (χ0n) is 12.7. The average Bonchev–Trinajstić information content (AvgIpc) is 2.70. The van der Waals surface area contributed by atoms with Crippen molar-refractivity contribution in [1.82, 2.24) is 14.7 Å². The highest BCUT2D eigenvalue weighted by Crippen LogP contribution is 2.29. The summed E-state index contributed by atoms with van der Waals surface area (Å²) in [6, 6.07) is 3.19. The molecule has 1 aromatic heterocycles. The van der Waals surface area contributed by atoms with Crippen LogP contribution in [-0.2, 0) is 20.1 Å². The second-order valence-corrected chi connectivity index (χ2v) is 5.55. The van der Waals surface area contributed by atoms with Gasteiger partial charge in [-0.2, -0.15) is 5.10 Å². The summed E-state index contributed by atoms with van der Waals surface area (Å²) in [5.41, 5.74) is 3.09. The van der Waals surface area contributed by atoms with Gasteiger partial charge in [0, 0.05) is 31.4 Å². The molecule has 0 N–H and O–H groups in total. The maximum atomic E-state index is 13.8. The molecule has 0 amide bonds. The van der Waals surface area contributed by atoms with E-state index in [-0.39, 0.29) is 5.75 Å². The summed E-state index contributed by atoms with van der Waals surface area (Å²) in [5.74, 6) is -0.350. The molecule has 2 rings (SSSR count). The lowest BCUT2D eigenvalue weighted by atomic mass is 10.2. The van der Waals surface area contributed by atoms with Gasteiger partial charge in [-0.05, 0) is 31.7 Å². The molecule has 0 saturated heterocycles. The summed E-state index contributed by atoms with van der Waals surface area (Å²) in [6.45, 7) is 3.36. The van der Waals surface area contributed by atoms with Crippen LogP contribution in [0.4, 0.5) is 4.39 Å². The van der Waals surface area contributed by atoms with Crippen molar-refractivity contribution in [3.63, 3.8) is 0 Å². The Kier molecular flexibility index (Phi) is 4.85. The Labute approximate surface area is 129 Å². The van der Waals surface area contributed by atoms with Gasteiger partial charge in [-0.3, -0.25) is 9.58 Å². The zero-order chi connectivity index (χ0) is 15.6. The monoisotopic (exact) mass is 311 g/mol. The molecule has 0 unspecified atom stereocenters. The third-order valence-electron chi connectivity index (χ3n) is 3.49.